The lowest BCUT2D eigenvalue weighted by Crippen LogP contribution is -2.72. The van der Waals surface area contributed by atoms with Crippen molar-refractivity contribution in [3.63, 3.8) is 0 Å². The van der Waals surface area contributed by atoms with Gasteiger partial charge >= 0.3 is 11.9 Å². The zero-order valence-electron chi connectivity index (χ0n) is 36.8. The number of ether oxygens (including phenoxy) is 3. The first kappa shape index (κ1) is 47.0. The van der Waals surface area contributed by atoms with E-state index in [9.17, 15) is 55.2 Å². The molecule has 14 nitrogen and oxygen atoms in total. The highest BCUT2D eigenvalue weighted by Crippen LogP contribution is 2.76. The molecule has 5 aliphatic carbocycles. The molecule has 1 saturated heterocycles. The average Bonchev–Trinajstić information content (AvgIpc) is 3.19. The second-order valence-electron chi connectivity index (χ2n) is 20.6. The highest BCUT2D eigenvalue weighted by molar-refractivity contribution is 5.95. The van der Waals surface area contributed by atoms with Gasteiger partial charge in [0.2, 0.25) is 0 Å². The number of hydrogen-bond donors (Lipinski definition) is 8. The van der Waals surface area contributed by atoms with E-state index in [0.717, 1.165) is 5.57 Å². The Hall–Kier alpha value is -2.53. The summed E-state index contributed by atoms with van der Waals surface area (Å²) in [7, 11) is 0. The fraction of sp³-hybridized carbons (Fsp3) is 0.804. The lowest BCUT2D eigenvalue weighted by Gasteiger charge is -2.72. The molecule has 5 fully saturated rings. The molecule has 0 aromatic heterocycles. The smallest absolute Gasteiger partial charge is 0.335 e. The second kappa shape index (κ2) is 16.2. The number of ketones is 1. The summed E-state index contributed by atoms with van der Waals surface area (Å²) >= 11 is 0. The molecule has 0 aromatic rings. The van der Waals surface area contributed by atoms with Crippen LogP contribution in [0.4, 0.5) is 0 Å². The van der Waals surface area contributed by atoms with Gasteiger partial charge in [0.1, 0.15) is 30.5 Å². The molecule has 1 aliphatic heterocycles. The Balaban J connectivity index is 1.37. The molecular weight excluding hydrogens is 776 g/mol. The van der Waals surface area contributed by atoms with Crippen LogP contribution in [0.25, 0.3) is 0 Å². The van der Waals surface area contributed by atoms with Gasteiger partial charge in [0.25, 0.3) is 0 Å². The van der Waals surface area contributed by atoms with Crippen molar-refractivity contribution in [2.24, 2.45) is 50.2 Å². The minimum atomic E-state index is -1.86. The maximum absolute atomic E-state index is 13.7. The molecule has 1 heterocycles. The minimum Gasteiger partial charge on any atom is -0.479 e. The van der Waals surface area contributed by atoms with Crippen LogP contribution in [0.1, 0.15) is 114 Å². The van der Waals surface area contributed by atoms with Gasteiger partial charge < -0.3 is 55.1 Å². The molecule has 18 unspecified atom stereocenters. The number of fused-ring (bicyclic) bond motifs is 7. The van der Waals surface area contributed by atoms with Crippen LogP contribution in [0.15, 0.2) is 34.9 Å². The van der Waals surface area contributed by atoms with Gasteiger partial charge in [0, 0.05) is 22.8 Å². The lowest BCUT2D eigenvalue weighted by molar-refractivity contribution is -0.328. The Morgan fingerprint density at radius 3 is 2.08 bits per heavy atom. The number of carbonyl (C=O) groups is 3. The van der Waals surface area contributed by atoms with Gasteiger partial charge in [0.05, 0.1) is 30.8 Å². The van der Waals surface area contributed by atoms with Crippen molar-refractivity contribution >= 4 is 17.7 Å². The molecule has 0 spiro atoms. The first-order chi connectivity index (χ1) is 27.9. The Morgan fingerprint density at radius 2 is 1.50 bits per heavy atom. The van der Waals surface area contributed by atoms with Gasteiger partial charge in [0.15, 0.2) is 18.2 Å². The SMILES string of the molecule is CC=C(C)C(=O)CC1(C)CC2C3=CCC4C5(C)CCC(OC6OC(C(=O)O)C(O)C(O)C6O)C(C)(CO)C5CCC4(C)C3(C)CC(O)C2(CO)C(O)C1OC(=O)C(C)=CC. The number of carboxylic acid groups (broad SMARTS) is 1. The molecule has 0 radical (unpaired) electrons. The summed E-state index contributed by atoms with van der Waals surface area (Å²) in [6, 6.07) is 0. The van der Waals surface area contributed by atoms with E-state index in [0.29, 0.717) is 43.3 Å². The third-order valence-electron chi connectivity index (χ3n) is 17.9. The third kappa shape index (κ3) is 6.72. The fourth-order valence-electron chi connectivity index (χ4n) is 13.7. The molecule has 0 bridgehead atoms. The molecule has 6 aliphatic rings. The highest BCUT2D eigenvalue weighted by Gasteiger charge is 2.73. The van der Waals surface area contributed by atoms with Crippen LogP contribution in [0.5, 0.6) is 0 Å². The predicted molar refractivity (Wildman–Crippen MR) is 218 cm³/mol. The molecule has 4 saturated carbocycles. The summed E-state index contributed by atoms with van der Waals surface area (Å²) in [6.45, 7) is 16.5. The molecule has 0 aromatic carbocycles. The summed E-state index contributed by atoms with van der Waals surface area (Å²) in [5.41, 5.74) is -2.96. The Kier molecular flexibility index (Phi) is 12.7. The molecule has 0 amide bonds. The monoisotopic (exact) mass is 846 g/mol. The van der Waals surface area contributed by atoms with Crippen molar-refractivity contribution in [3.8, 4) is 0 Å². The number of aliphatic carboxylic acids is 1. The topological polar surface area (TPSA) is 241 Å². The average molecular weight is 847 g/mol. The number of hydrogen-bond acceptors (Lipinski definition) is 13. The Morgan fingerprint density at radius 1 is 0.850 bits per heavy atom. The van der Waals surface area contributed by atoms with Crippen molar-refractivity contribution < 1.29 is 69.4 Å². The quantitative estimate of drug-likeness (QED) is 0.0681. The number of carbonyl (C=O) groups excluding carboxylic acids is 2. The molecule has 8 N–H and O–H groups in total. The summed E-state index contributed by atoms with van der Waals surface area (Å²) in [6.07, 6.45) is -4.30. The number of aliphatic hydroxyl groups is 7. The van der Waals surface area contributed by atoms with E-state index in [1.807, 2.05) is 13.8 Å². The van der Waals surface area contributed by atoms with E-state index < -0.39 is 107 Å². The van der Waals surface area contributed by atoms with E-state index >= 15 is 0 Å². The molecular formula is C46H70O14. The van der Waals surface area contributed by atoms with E-state index in [1.54, 1.807) is 39.8 Å². The van der Waals surface area contributed by atoms with Crippen molar-refractivity contribution in [2.45, 2.75) is 169 Å². The largest absolute Gasteiger partial charge is 0.479 e. The molecule has 60 heavy (non-hydrogen) atoms. The summed E-state index contributed by atoms with van der Waals surface area (Å²) in [5, 5.41) is 88.9. The van der Waals surface area contributed by atoms with E-state index in [1.165, 1.54) is 0 Å². The number of esters is 1. The first-order valence-corrected chi connectivity index (χ1v) is 21.8. The summed E-state index contributed by atoms with van der Waals surface area (Å²) in [4.78, 5) is 38.9. The summed E-state index contributed by atoms with van der Waals surface area (Å²) < 4.78 is 17.9. The van der Waals surface area contributed by atoms with Crippen molar-refractivity contribution in [1.82, 2.24) is 0 Å². The van der Waals surface area contributed by atoms with Crippen molar-refractivity contribution in [3.05, 3.63) is 34.9 Å². The van der Waals surface area contributed by atoms with Crippen molar-refractivity contribution in [1.29, 1.82) is 0 Å². The van der Waals surface area contributed by atoms with Crippen LogP contribution in [-0.2, 0) is 28.6 Å². The fourth-order valence-corrected chi connectivity index (χ4v) is 13.7. The minimum absolute atomic E-state index is 0.0206. The van der Waals surface area contributed by atoms with Crippen LogP contribution in [0.2, 0.25) is 0 Å². The standard InChI is InChI=1S/C46H70O14/c1-10-23(3)27(49)19-41(5)18-26-25-12-13-29-42(6)16-15-31(58-40-34(53)32(51)33(52)35(59-40)38(55)56)43(7,21-47)28(42)14-17-44(29,8)45(25,9)20-30(50)46(26,22-48)36(54)37(41)60-39(57)24(4)11-2/h10-12,26,28-37,40,47-48,50-54H,13-22H2,1-9H3,(H,55,56). The van der Waals surface area contributed by atoms with E-state index in [4.69, 9.17) is 14.2 Å². The van der Waals surface area contributed by atoms with Gasteiger partial charge in [-0.25, -0.2) is 9.59 Å². The lowest BCUT2D eigenvalue weighted by atomic mass is 9.33. The van der Waals surface area contributed by atoms with Crippen LogP contribution in [-0.4, -0.2) is 127 Å². The van der Waals surface area contributed by atoms with Gasteiger partial charge in [-0.05, 0) is 112 Å². The second-order valence-corrected chi connectivity index (χ2v) is 20.6. The maximum Gasteiger partial charge on any atom is 0.335 e. The Bertz CT molecular complexity index is 1790. The molecule has 338 valence electrons. The number of aliphatic hydroxyl groups excluding tert-OH is 7. The van der Waals surface area contributed by atoms with Crippen LogP contribution in [0, 0.1) is 50.2 Å². The number of rotatable bonds is 10. The number of allylic oxidation sites excluding steroid dienone is 5. The van der Waals surface area contributed by atoms with Crippen LogP contribution >= 0.6 is 0 Å². The number of Topliss-reactive ketones (excluding diaryl/α,β-unsaturated/α-hetero) is 1. The van der Waals surface area contributed by atoms with Crippen LogP contribution < -0.4 is 0 Å². The predicted octanol–water partition coefficient (Wildman–Crippen LogP) is 3.37. The van der Waals surface area contributed by atoms with E-state index in [-0.39, 0.29) is 48.9 Å². The van der Waals surface area contributed by atoms with Gasteiger partial charge in [-0.2, -0.15) is 0 Å². The van der Waals surface area contributed by atoms with Gasteiger partial charge in [-0.15, -0.1) is 0 Å². The maximum atomic E-state index is 13.7. The first-order valence-electron chi connectivity index (χ1n) is 21.8. The molecule has 6 rings (SSSR count). The zero-order chi connectivity index (χ0) is 44.7. The normalized spacial score (nSPS) is 49.4. The zero-order valence-corrected chi connectivity index (χ0v) is 36.8. The van der Waals surface area contributed by atoms with Gasteiger partial charge in [-0.3, -0.25) is 4.79 Å². The molecule has 18 atom stereocenters. The highest BCUT2D eigenvalue weighted by atomic mass is 16.7. The van der Waals surface area contributed by atoms with E-state index in [2.05, 4.69) is 26.8 Å². The van der Waals surface area contributed by atoms with Crippen LogP contribution in [0.3, 0.4) is 0 Å². The Labute approximate surface area is 353 Å². The van der Waals surface area contributed by atoms with Gasteiger partial charge in [-0.1, -0.05) is 58.4 Å². The molecule has 14 heteroatoms. The summed E-state index contributed by atoms with van der Waals surface area (Å²) in [5.74, 6) is -2.93. The third-order valence-corrected chi connectivity index (χ3v) is 17.9. The number of carboxylic acids is 1. The van der Waals surface area contributed by atoms with Crippen molar-refractivity contribution in [2.75, 3.05) is 13.2 Å².